The van der Waals surface area contributed by atoms with E-state index in [0.29, 0.717) is 5.75 Å². The number of aryl methyl sites for hydroxylation is 1. The summed E-state index contributed by atoms with van der Waals surface area (Å²) in [6.45, 7) is 2.00. The Balaban J connectivity index is 2.13. The first-order valence-corrected chi connectivity index (χ1v) is 5.22. The molecule has 0 unspecified atom stereocenters. The third kappa shape index (κ3) is 2.07. The lowest BCUT2D eigenvalue weighted by molar-refractivity contribution is 0.474. The molecule has 0 bridgehead atoms. The average molecular weight is 191 g/mol. The van der Waals surface area contributed by atoms with Crippen molar-refractivity contribution in [2.75, 3.05) is 0 Å². The summed E-state index contributed by atoms with van der Waals surface area (Å²) >= 11 is 0. The first-order valence-electron chi connectivity index (χ1n) is 5.22. The second-order valence-electron chi connectivity index (χ2n) is 4.33. The molecule has 0 aromatic heterocycles. The zero-order valence-corrected chi connectivity index (χ0v) is 8.53. The fourth-order valence-corrected chi connectivity index (χ4v) is 1.92. The molecule has 1 saturated carbocycles. The van der Waals surface area contributed by atoms with Crippen LogP contribution in [0.15, 0.2) is 18.2 Å². The summed E-state index contributed by atoms with van der Waals surface area (Å²) in [4.78, 5) is 0. The standard InChI is InChI=1S/C12H17NO/c1-8-6-10(14)4-5-11(8)12(13)7-9-2-3-9/h4-6,9,12,14H,2-3,7,13H2,1H3/t12-/m1/s1. The Bertz CT molecular complexity index is 331. The lowest BCUT2D eigenvalue weighted by Gasteiger charge is -2.14. The van der Waals surface area contributed by atoms with Crippen LogP contribution >= 0.6 is 0 Å². The van der Waals surface area contributed by atoms with E-state index in [9.17, 15) is 5.11 Å². The Hall–Kier alpha value is -1.02. The Morgan fingerprint density at radius 2 is 2.21 bits per heavy atom. The third-order valence-corrected chi connectivity index (χ3v) is 2.94. The van der Waals surface area contributed by atoms with E-state index < -0.39 is 0 Å². The fraction of sp³-hybridized carbons (Fsp3) is 0.500. The lowest BCUT2D eigenvalue weighted by Crippen LogP contribution is -2.12. The van der Waals surface area contributed by atoms with Gasteiger partial charge in [-0.1, -0.05) is 18.9 Å². The second kappa shape index (κ2) is 3.62. The van der Waals surface area contributed by atoms with Gasteiger partial charge in [0.05, 0.1) is 0 Å². The van der Waals surface area contributed by atoms with E-state index in [1.165, 1.54) is 18.4 Å². The van der Waals surface area contributed by atoms with Gasteiger partial charge in [-0.3, -0.25) is 0 Å². The summed E-state index contributed by atoms with van der Waals surface area (Å²) in [6.07, 6.45) is 3.77. The first kappa shape index (κ1) is 9.53. The molecule has 2 rings (SSSR count). The smallest absolute Gasteiger partial charge is 0.115 e. The topological polar surface area (TPSA) is 46.2 Å². The molecule has 1 aromatic rings. The molecule has 2 heteroatoms. The number of nitrogens with two attached hydrogens (primary N) is 1. The van der Waals surface area contributed by atoms with Gasteiger partial charge in [-0.15, -0.1) is 0 Å². The first-order chi connectivity index (χ1) is 6.66. The van der Waals surface area contributed by atoms with Gasteiger partial charge in [-0.05, 0) is 42.5 Å². The normalized spacial score (nSPS) is 18.1. The predicted molar refractivity (Wildman–Crippen MR) is 57.1 cm³/mol. The van der Waals surface area contributed by atoms with E-state index >= 15 is 0 Å². The van der Waals surface area contributed by atoms with Gasteiger partial charge in [0.2, 0.25) is 0 Å². The van der Waals surface area contributed by atoms with Gasteiger partial charge in [0, 0.05) is 6.04 Å². The Morgan fingerprint density at radius 1 is 1.50 bits per heavy atom. The number of benzene rings is 1. The van der Waals surface area contributed by atoms with E-state index in [4.69, 9.17) is 5.73 Å². The van der Waals surface area contributed by atoms with Crippen molar-refractivity contribution in [1.82, 2.24) is 0 Å². The van der Waals surface area contributed by atoms with Crippen LogP contribution in [-0.2, 0) is 0 Å². The summed E-state index contributed by atoms with van der Waals surface area (Å²) in [6, 6.07) is 5.58. The lowest BCUT2D eigenvalue weighted by atomic mass is 9.97. The summed E-state index contributed by atoms with van der Waals surface area (Å²) < 4.78 is 0. The van der Waals surface area contributed by atoms with Crippen LogP contribution in [0.3, 0.4) is 0 Å². The van der Waals surface area contributed by atoms with Gasteiger partial charge in [0.25, 0.3) is 0 Å². The summed E-state index contributed by atoms with van der Waals surface area (Å²) in [5, 5.41) is 9.27. The molecule has 1 aliphatic rings. The van der Waals surface area contributed by atoms with E-state index in [-0.39, 0.29) is 6.04 Å². The van der Waals surface area contributed by atoms with Crippen LogP contribution in [-0.4, -0.2) is 5.11 Å². The Morgan fingerprint density at radius 3 is 2.79 bits per heavy atom. The second-order valence-corrected chi connectivity index (χ2v) is 4.33. The number of phenolic OH excluding ortho intramolecular Hbond substituents is 1. The Kier molecular flexibility index (Phi) is 2.46. The molecule has 14 heavy (non-hydrogen) atoms. The molecule has 0 amide bonds. The number of phenols is 1. The highest BCUT2D eigenvalue weighted by molar-refractivity contribution is 5.35. The van der Waals surface area contributed by atoms with E-state index in [1.54, 1.807) is 12.1 Å². The highest BCUT2D eigenvalue weighted by Crippen LogP contribution is 2.37. The zero-order chi connectivity index (χ0) is 10.1. The molecule has 1 atom stereocenters. The predicted octanol–water partition coefficient (Wildman–Crippen LogP) is 2.50. The minimum absolute atomic E-state index is 0.142. The minimum Gasteiger partial charge on any atom is -0.508 e. The monoisotopic (exact) mass is 191 g/mol. The van der Waals surface area contributed by atoms with Crippen molar-refractivity contribution in [2.45, 2.75) is 32.2 Å². The van der Waals surface area contributed by atoms with Gasteiger partial charge in [-0.2, -0.15) is 0 Å². The summed E-state index contributed by atoms with van der Waals surface area (Å²) in [5.74, 6) is 1.17. The number of aromatic hydroxyl groups is 1. The molecule has 1 fully saturated rings. The highest BCUT2D eigenvalue weighted by Gasteiger charge is 2.24. The van der Waals surface area contributed by atoms with Gasteiger partial charge in [0.15, 0.2) is 0 Å². The van der Waals surface area contributed by atoms with Crippen molar-refractivity contribution in [3.63, 3.8) is 0 Å². The van der Waals surface area contributed by atoms with Gasteiger partial charge in [0.1, 0.15) is 5.75 Å². The molecule has 0 spiro atoms. The third-order valence-electron chi connectivity index (χ3n) is 2.94. The van der Waals surface area contributed by atoms with Crippen molar-refractivity contribution in [2.24, 2.45) is 11.7 Å². The maximum Gasteiger partial charge on any atom is 0.115 e. The van der Waals surface area contributed by atoms with Crippen molar-refractivity contribution in [3.05, 3.63) is 29.3 Å². The van der Waals surface area contributed by atoms with Crippen LogP contribution in [0, 0.1) is 12.8 Å². The molecular formula is C12H17NO. The van der Waals surface area contributed by atoms with E-state index in [2.05, 4.69) is 0 Å². The Labute approximate surface area is 84.7 Å². The van der Waals surface area contributed by atoms with E-state index in [0.717, 1.165) is 17.9 Å². The quantitative estimate of drug-likeness (QED) is 0.771. The van der Waals surface area contributed by atoms with Crippen LogP contribution in [0.1, 0.15) is 36.4 Å². The van der Waals surface area contributed by atoms with Gasteiger partial charge >= 0.3 is 0 Å². The molecule has 1 aromatic carbocycles. The zero-order valence-electron chi connectivity index (χ0n) is 8.53. The number of hydrogen-bond donors (Lipinski definition) is 2. The fourth-order valence-electron chi connectivity index (χ4n) is 1.92. The van der Waals surface area contributed by atoms with Crippen molar-refractivity contribution >= 4 is 0 Å². The van der Waals surface area contributed by atoms with Crippen LogP contribution in [0.25, 0.3) is 0 Å². The minimum atomic E-state index is 0.142. The van der Waals surface area contributed by atoms with Crippen molar-refractivity contribution < 1.29 is 5.11 Å². The molecule has 0 radical (unpaired) electrons. The highest BCUT2D eigenvalue weighted by atomic mass is 16.3. The van der Waals surface area contributed by atoms with Crippen LogP contribution in [0.2, 0.25) is 0 Å². The molecule has 1 aliphatic carbocycles. The SMILES string of the molecule is Cc1cc(O)ccc1[C@H](N)CC1CC1. The van der Waals surface area contributed by atoms with Gasteiger partial charge in [-0.25, -0.2) is 0 Å². The van der Waals surface area contributed by atoms with E-state index in [1.807, 2.05) is 13.0 Å². The van der Waals surface area contributed by atoms with Crippen LogP contribution < -0.4 is 5.73 Å². The summed E-state index contributed by atoms with van der Waals surface area (Å²) in [5.41, 5.74) is 8.38. The van der Waals surface area contributed by atoms with Gasteiger partial charge < -0.3 is 10.8 Å². The summed E-state index contributed by atoms with van der Waals surface area (Å²) in [7, 11) is 0. The molecule has 0 saturated heterocycles. The molecule has 3 N–H and O–H groups in total. The van der Waals surface area contributed by atoms with Crippen molar-refractivity contribution in [1.29, 1.82) is 0 Å². The molecule has 76 valence electrons. The maximum atomic E-state index is 9.27. The number of hydrogen-bond acceptors (Lipinski definition) is 2. The number of rotatable bonds is 3. The average Bonchev–Trinajstić information content (AvgIpc) is 2.87. The molecular weight excluding hydrogens is 174 g/mol. The maximum absolute atomic E-state index is 9.27. The van der Waals surface area contributed by atoms with Crippen LogP contribution in [0.4, 0.5) is 0 Å². The van der Waals surface area contributed by atoms with Crippen molar-refractivity contribution in [3.8, 4) is 5.75 Å². The largest absolute Gasteiger partial charge is 0.508 e. The molecule has 0 heterocycles. The molecule has 2 nitrogen and oxygen atoms in total. The van der Waals surface area contributed by atoms with Crippen LogP contribution in [0.5, 0.6) is 5.75 Å². The molecule has 0 aliphatic heterocycles.